The second kappa shape index (κ2) is 9.38. The van der Waals surface area contributed by atoms with Crippen LogP contribution in [0.2, 0.25) is 0 Å². The van der Waals surface area contributed by atoms with Gasteiger partial charge in [0.05, 0.1) is 0 Å². The fourth-order valence-corrected chi connectivity index (χ4v) is 10.5. The molecule has 1 heteroatoms. The van der Waals surface area contributed by atoms with Gasteiger partial charge in [0.25, 0.3) is 0 Å². The summed E-state index contributed by atoms with van der Waals surface area (Å²) in [5.41, 5.74) is 3.03. The number of fused-ring (bicyclic) bond motifs is 5. The normalized spacial score (nSPS) is 43.4. The van der Waals surface area contributed by atoms with Gasteiger partial charge in [0.2, 0.25) is 0 Å². The molecule has 4 rings (SSSR count). The molecule has 31 heavy (non-hydrogen) atoms. The summed E-state index contributed by atoms with van der Waals surface area (Å²) < 4.78 is 0. The molecule has 4 aliphatic carbocycles. The largest absolute Gasteiger partial charge is 0.155 e. The molecular formula is C30H52S. The Morgan fingerprint density at radius 2 is 1.71 bits per heavy atom. The van der Waals surface area contributed by atoms with Crippen LogP contribution in [0.5, 0.6) is 0 Å². The maximum atomic E-state index is 2.78. The van der Waals surface area contributed by atoms with Gasteiger partial charge in [-0.3, -0.25) is 0 Å². The van der Waals surface area contributed by atoms with Crippen molar-refractivity contribution >= 4 is 11.8 Å². The first-order chi connectivity index (χ1) is 14.6. The zero-order chi connectivity index (χ0) is 22.4. The molecule has 0 spiro atoms. The lowest BCUT2D eigenvalue weighted by molar-refractivity contribution is -0.0497. The minimum absolute atomic E-state index is 0.527. The first kappa shape index (κ1) is 24.2. The Balaban J connectivity index is 1.46. The van der Waals surface area contributed by atoms with Crippen LogP contribution in [0.4, 0.5) is 0 Å². The second-order valence-electron chi connectivity index (χ2n) is 13.3. The highest BCUT2D eigenvalue weighted by molar-refractivity contribution is 8.00. The molecule has 3 saturated carbocycles. The van der Waals surface area contributed by atoms with Crippen molar-refractivity contribution in [3.63, 3.8) is 0 Å². The van der Waals surface area contributed by atoms with Crippen LogP contribution in [-0.4, -0.2) is 10.5 Å². The van der Waals surface area contributed by atoms with E-state index in [9.17, 15) is 0 Å². The SMILES string of the molecule is CC(C)CCC[C@@H](C)[C@H]1CCC2[C@@H]3CC=C4C[C@@H](SC(C)C)CC[C@]4(C)C3CC[C@@]21C. The Kier molecular flexibility index (Phi) is 7.33. The summed E-state index contributed by atoms with van der Waals surface area (Å²) in [6.07, 6.45) is 18.9. The molecule has 0 aliphatic heterocycles. The average Bonchev–Trinajstić information content (AvgIpc) is 3.05. The first-order valence-corrected chi connectivity index (χ1v) is 14.9. The van der Waals surface area contributed by atoms with Gasteiger partial charge in [0.15, 0.2) is 0 Å². The van der Waals surface area contributed by atoms with Gasteiger partial charge in [0, 0.05) is 5.25 Å². The number of thioether (sulfide) groups is 1. The van der Waals surface area contributed by atoms with E-state index in [0.29, 0.717) is 10.8 Å². The highest BCUT2D eigenvalue weighted by atomic mass is 32.2. The van der Waals surface area contributed by atoms with E-state index in [-0.39, 0.29) is 0 Å². The van der Waals surface area contributed by atoms with Crippen molar-refractivity contribution in [2.75, 3.05) is 0 Å². The Labute approximate surface area is 199 Å². The van der Waals surface area contributed by atoms with Crippen molar-refractivity contribution in [2.24, 2.45) is 46.3 Å². The zero-order valence-electron chi connectivity index (χ0n) is 21.9. The van der Waals surface area contributed by atoms with E-state index in [2.05, 4.69) is 66.3 Å². The fourth-order valence-electron chi connectivity index (χ4n) is 9.15. The lowest BCUT2D eigenvalue weighted by Crippen LogP contribution is -2.50. The third-order valence-corrected chi connectivity index (χ3v) is 12.1. The lowest BCUT2D eigenvalue weighted by atomic mass is 9.47. The van der Waals surface area contributed by atoms with Crippen LogP contribution in [0, 0.1) is 46.3 Å². The van der Waals surface area contributed by atoms with Gasteiger partial charge in [-0.15, -0.1) is 0 Å². The standard InChI is InChI=1S/C30H52S/c1-20(2)9-8-10-22(5)26-13-14-27-25-12-11-23-19-24(31-21(3)4)15-17-29(23,6)28(25)16-18-30(26,27)7/h11,20-22,24-28H,8-10,12-19H2,1-7H3/t22-,24+,25+,26-,27?,28?,29+,30-/m1/s1. The highest BCUT2D eigenvalue weighted by Gasteiger charge is 2.59. The van der Waals surface area contributed by atoms with E-state index >= 15 is 0 Å². The van der Waals surface area contributed by atoms with E-state index < -0.39 is 0 Å². The van der Waals surface area contributed by atoms with Crippen molar-refractivity contribution in [3.8, 4) is 0 Å². The Bertz CT molecular complexity index is 647. The molecule has 0 saturated heterocycles. The van der Waals surface area contributed by atoms with E-state index in [1.165, 1.54) is 70.6 Å². The van der Waals surface area contributed by atoms with Gasteiger partial charge >= 0.3 is 0 Å². The minimum Gasteiger partial charge on any atom is -0.155 e. The van der Waals surface area contributed by atoms with E-state index in [1.807, 2.05) is 5.57 Å². The highest BCUT2D eigenvalue weighted by Crippen LogP contribution is 2.67. The summed E-state index contributed by atoms with van der Waals surface area (Å²) in [5, 5.41) is 1.66. The maximum absolute atomic E-state index is 2.78. The first-order valence-electron chi connectivity index (χ1n) is 14.0. The van der Waals surface area contributed by atoms with Crippen LogP contribution < -0.4 is 0 Å². The van der Waals surface area contributed by atoms with Crippen LogP contribution in [0.3, 0.4) is 0 Å². The van der Waals surface area contributed by atoms with Crippen LogP contribution >= 0.6 is 11.8 Å². The molecule has 4 aliphatic rings. The quantitative estimate of drug-likeness (QED) is 0.352. The predicted octanol–water partition coefficient (Wildman–Crippen LogP) is 9.54. The summed E-state index contributed by atoms with van der Waals surface area (Å²) in [5.74, 6) is 5.75. The van der Waals surface area contributed by atoms with Crippen molar-refractivity contribution in [2.45, 2.75) is 130 Å². The molecule has 0 radical (unpaired) electrons. The molecule has 3 fully saturated rings. The maximum Gasteiger partial charge on any atom is 0.00873 e. The van der Waals surface area contributed by atoms with Crippen molar-refractivity contribution in [1.29, 1.82) is 0 Å². The van der Waals surface area contributed by atoms with Crippen LogP contribution in [-0.2, 0) is 0 Å². The smallest absolute Gasteiger partial charge is 0.00873 e. The minimum atomic E-state index is 0.527. The van der Waals surface area contributed by atoms with Crippen molar-refractivity contribution in [1.82, 2.24) is 0 Å². The molecule has 0 amide bonds. The number of hydrogen-bond donors (Lipinski definition) is 0. The summed E-state index contributed by atoms with van der Waals surface area (Å²) in [7, 11) is 0. The number of rotatable bonds is 7. The third kappa shape index (κ3) is 4.57. The molecule has 2 unspecified atom stereocenters. The molecule has 178 valence electrons. The van der Waals surface area contributed by atoms with Crippen molar-refractivity contribution < 1.29 is 0 Å². The topological polar surface area (TPSA) is 0 Å². The average molecular weight is 445 g/mol. The molecule has 8 atom stereocenters. The van der Waals surface area contributed by atoms with E-state index in [1.54, 1.807) is 0 Å². The number of allylic oxidation sites excluding steroid dienone is 2. The van der Waals surface area contributed by atoms with Crippen LogP contribution in [0.1, 0.15) is 119 Å². The second-order valence-corrected chi connectivity index (χ2v) is 15.2. The van der Waals surface area contributed by atoms with Crippen LogP contribution in [0.25, 0.3) is 0 Å². The molecule has 0 aromatic rings. The Hall–Kier alpha value is 0.0900. The van der Waals surface area contributed by atoms with Crippen molar-refractivity contribution in [3.05, 3.63) is 11.6 Å². The van der Waals surface area contributed by atoms with Gasteiger partial charge in [-0.25, -0.2) is 0 Å². The fraction of sp³-hybridized carbons (Fsp3) is 0.933. The molecule has 0 N–H and O–H groups in total. The zero-order valence-corrected chi connectivity index (χ0v) is 22.7. The Morgan fingerprint density at radius 1 is 0.935 bits per heavy atom. The molecule has 0 aromatic heterocycles. The third-order valence-electron chi connectivity index (χ3n) is 10.7. The summed E-state index contributed by atoms with van der Waals surface area (Å²) in [4.78, 5) is 0. The van der Waals surface area contributed by atoms with Gasteiger partial charge in [-0.1, -0.05) is 79.4 Å². The summed E-state index contributed by atoms with van der Waals surface area (Å²) >= 11 is 2.24. The molecule has 0 aromatic carbocycles. The van der Waals surface area contributed by atoms with Gasteiger partial charge in [-0.05, 0) is 103 Å². The lowest BCUT2D eigenvalue weighted by Gasteiger charge is -2.58. The monoisotopic (exact) mass is 444 g/mol. The summed E-state index contributed by atoms with van der Waals surface area (Å²) in [6, 6.07) is 0. The van der Waals surface area contributed by atoms with E-state index in [4.69, 9.17) is 0 Å². The molecule has 0 bridgehead atoms. The molecular weight excluding hydrogens is 392 g/mol. The Morgan fingerprint density at radius 3 is 2.42 bits per heavy atom. The van der Waals surface area contributed by atoms with Crippen LogP contribution in [0.15, 0.2) is 11.6 Å². The molecule has 0 nitrogen and oxygen atoms in total. The number of hydrogen-bond acceptors (Lipinski definition) is 1. The van der Waals surface area contributed by atoms with Gasteiger partial charge < -0.3 is 0 Å². The van der Waals surface area contributed by atoms with Gasteiger partial charge in [0.1, 0.15) is 0 Å². The van der Waals surface area contributed by atoms with E-state index in [0.717, 1.165) is 46.0 Å². The predicted molar refractivity (Wildman–Crippen MR) is 140 cm³/mol. The molecule has 0 heterocycles. The summed E-state index contributed by atoms with van der Waals surface area (Å²) in [6.45, 7) is 17.6. The van der Waals surface area contributed by atoms with Gasteiger partial charge in [-0.2, -0.15) is 11.8 Å².